The van der Waals surface area contributed by atoms with Crippen molar-refractivity contribution in [1.29, 1.82) is 0 Å². The molecule has 2 heterocycles. The van der Waals surface area contributed by atoms with Gasteiger partial charge in [0, 0.05) is 16.8 Å². The number of hydrogen-bond acceptors (Lipinski definition) is 7. The van der Waals surface area contributed by atoms with Gasteiger partial charge in [-0.25, -0.2) is 15.0 Å². The van der Waals surface area contributed by atoms with Gasteiger partial charge < -0.3 is 9.15 Å². The van der Waals surface area contributed by atoms with Crippen molar-refractivity contribution in [1.82, 2.24) is 10.9 Å². The van der Waals surface area contributed by atoms with E-state index in [4.69, 9.17) is 14.1 Å². The molecule has 7 heteroatoms. The normalized spacial score (nSPS) is 17.3. The summed E-state index contributed by atoms with van der Waals surface area (Å²) in [5.74, 6) is -0.520. The van der Waals surface area contributed by atoms with Crippen molar-refractivity contribution in [3.63, 3.8) is 0 Å². The number of hydrogen-bond donors (Lipinski definition) is 2. The van der Waals surface area contributed by atoms with Gasteiger partial charge in [-0.1, -0.05) is 91.0 Å². The van der Waals surface area contributed by atoms with Gasteiger partial charge in [-0.05, 0) is 27.6 Å². The van der Waals surface area contributed by atoms with Crippen LogP contribution < -0.4 is 16.5 Å². The summed E-state index contributed by atoms with van der Waals surface area (Å²) in [6.07, 6.45) is 0. The fraction of sp³-hybridized carbons (Fsp3) is 0.100. The topological polar surface area (TPSA) is 92.9 Å². The van der Waals surface area contributed by atoms with Gasteiger partial charge in [0.1, 0.15) is 5.58 Å². The quantitative estimate of drug-likeness (QED) is 0.208. The first-order chi connectivity index (χ1) is 18.1. The van der Waals surface area contributed by atoms with E-state index in [0.717, 1.165) is 32.8 Å². The molecule has 0 fully saturated rings. The summed E-state index contributed by atoms with van der Waals surface area (Å²) < 4.78 is 10.6. The van der Waals surface area contributed by atoms with Gasteiger partial charge in [-0.15, -0.1) is 0 Å². The zero-order valence-corrected chi connectivity index (χ0v) is 20.0. The van der Waals surface area contributed by atoms with Gasteiger partial charge in [0.2, 0.25) is 5.84 Å². The van der Waals surface area contributed by atoms with Crippen LogP contribution in [0.25, 0.3) is 32.9 Å². The number of esters is 1. The molecule has 7 nitrogen and oxygen atoms in total. The van der Waals surface area contributed by atoms with Gasteiger partial charge in [-0.3, -0.25) is 10.4 Å². The van der Waals surface area contributed by atoms with Crippen molar-refractivity contribution < 1.29 is 13.9 Å². The number of carbonyl (C=O) groups is 1. The molecule has 0 radical (unpaired) electrons. The minimum absolute atomic E-state index is 0.0635. The molecule has 0 saturated heterocycles. The fourth-order valence-corrected chi connectivity index (χ4v) is 4.86. The Morgan fingerprint density at radius 1 is 0.865 bits per heavy atom. The Bertz CT molecular complexity index is 1710. The third-order valence-electron chi connectivity index (χ3n) is 6.67. The highest BCUT2D eigenvalue weighted by molar-refractivity contribution is 6.35. The lowest BCUT2D eigenvalue weighted by atomic mass is 9.90. The van der Waals surface area contributed by atoms with E-state index in [9.17, 15) is 9.59 Å². The number of fused-ring (bicyclic) bond motifs is 3. The van der Waals surface area contributed by atoms with Crippen LogP contribution in [0.15, 0.2) is 111 Å². The van der Waals surface area contributed by atoms with Crippen molar-refractivity contribution in [2.75, 3.05) is 7.11 Å². The SMILES string of the molecule is COC(=O)C1=NC(c2ccc(-c3ccccc3)cc2)C(c2cc(=O)oc3c2ccc2ccccc23)NN1. The number of nitrogens with one attached hydrogen (secondary N) is 2. The van der Waals surface area contributed by atoms with Crippen molar-refractivity contribution in [2.45, 2.75) is 12.1 Å². The maximum absolute atomic E-state index is 12.7. The number of methoxy groups -OCH3 is 1. The van der Waals surface area contributed by atoms with Crippen LogP contribution in [0.3, 0.4) is 0 Å². The molecule has 6 rings (SSSR count). The van der Waals surface area contributed by atoms with E-state index >= 15 is 0 Å². The van der Waals surface area contributed by atoms with Crippen LogP contribution in [0.4, 0.5) is 0 Å². The van der Waals surface area contributed by atoms with Crippen LogP contribution >= 0.6 is 0 Å². The van der Waals surface area contributed by atoms with E-state index < -0.39 is 23.7 Å². The lowest BCUT2D eigenvalue weighted by Crippen LogP contribution is -2.49. The van der Waals surface area contributed by atoms with E-state index in [1.165, 1.54) is 13.2 Å². The van der Waals surface area contributed by atoms with E-state index in [1.54, 1.807) is 0 Å². The van der Waals surface area contributed by atoms with E-state index in [2.05, 4.69) is 23.0 Å². The monoisotopic (exact) mass is 489 g/mol. The average Bonchev–Trinajstić information content (AvgIpc) is 2.96. The molecule has 182 valence electrons. The molecular formula is C30H23N3O4. The van der Waals surface area contributed by atoms with Crippen LogP contribution in [0.2, 0.25) is 0 Å². The second-order valence-corrected chi connectivity index (χ2v) is 8.83. The van der Waals surface area contributed by atoms with Gasteiger partial charge in [0.25, 0.3) is 0 Å². The molecule has 4 aromatic carbocycles. The highest BCUT2D eigenvalue weighted by Crippen LogP contribution is 2.38. The molecule has 5 aromatic rings. The maximum atomic E-state index is 12.7. The zero-order valence-electron chi connectivity index (χ0n) is 20.0. The molecule has 0 spiro atoms. The minimum Gasteiger partial charge on any atom is -0.463 e. The van der Waals surface area contributed by atoms with Crippen LogP contribution in [0, 0.1) is 0 Å². The number of amidine groups is 1. The zero-order chi connectivity index (χ0) is 25.4. The van der Waals surface area contributed by atoms with Crippen LogP contribution in [0.1, 0.15) is 23.2 Å². The Morgan fingerprint density at radius 3 is 2.38 bits per heavy atom. The number of hydrazine groups is 1. The first-order valence-electron chi connectivity index (χ1n) is 11.9. The van der Waals surface area contributed by atoms with Crippen LogP contribution in [0.5, 0.6) is 0 Å². The van der Waals surface area contributed by atoms with Crippen LogP contribution in [-0.4, -0.2) is 18.9 Å². The smallest absolute Gasteiger partial charge is 0.374 e. The van der Waals surface area contributed by atoms with Crippen molar-refractivity contribution in [2.24, 2.45) is 4.99 Å². The van der Waals surface area contributed by atoms with E-state index in [-0.39, 0.29) is 5.84 Å². The molecule has 2 N–H and O–H groups in total. The third kappa shape index (κ3) is 4.15. The number of ether oxygens (including phenoxy) is 1. The number of nitrogens with zero attached hydrogens (tertiary/aromatic N) is 1. The second kappa shape index (κ2) is 9.37. The predicted octanol–water partition coefficient (Wildman–Crippen LogP) is 5.07. The summed E-state index contributed by atoms with van der Waals surface area (Å²) in [7, 11) is 1.31. The highest BCUT2D eigenvalue weighted by atomic mass is 16.5. The van der Waals surface area contributed by atoms with Gasteiger partial charge in [-0.2, -0.15) is 0 Å². The molecule has 2 unspecified atom stereocenters. The Morgan fingerprint density at radius 2 is 1.59 bits per heavy atom. The molecule has 0 saturated carbocycles. The van der Waals surface area contributed by atoms with E-state index in [0.29, 0.717) is 11.1 Å². The number of carbonyl (C=O) groups excluding carboxylic acids is 1. The van der Waals surface area contributed by atoms with Gasteiger partial charge in [0.05, 0.1) is 19.2 Å². The Kier molecular flexibility index (Phi) is 5.75. The van der Waals surface area contributed by atoms with E-state index in [1.807, 2.05) is 78.9 Å². The third-order valence-corrected chi connectivity index (χ3v) is 6.67. The maximum Gasteiger partial charge on any atom is 0.374 e. The first-order valence-corrected chi connectivity index (χ1v) is 11.9. The summed E-state index contributed by atoms with van der Waals surface area (Å²) >= 11 is 0. The highest BCUT2D eigenvalue weighted by Gasteiger charge is 2.33. The summed E-state index contributed by atoms with van der Waals surface area (Å²) in [6.45, 7) is 0. The Labute approximate surface area is 212 Å². The molecule has 1 aliphatic rings. The molecule has 0 amide bonds. The number of aliphatic imine (C=N–C) groups is 1. The Balaban J connectivity index is 1.50. The molecule has 0 aliphatic carbocycles. The minimum atomic E-state index is -0.583. The van der Waals surface area contributed by atoms with Crippen LogP contribution in [-0.2, 0) is 9.53 Å². The standard InChI is InChI=1S/C30H23N3O4/c1-36-30(35)29-31-26(21-13-11-19(12-14-21)18-7-3-2-4-8-18)27(32-33-29)24-17-25(34)37-28-22-10-6-5-9-20(22)15-16-23(24)28/h2-17,26-27,32H,1H3,(H,31,33). The lowest BCUT2D eigenvalue weighted by molar-refractivity contribution is -0.133. The summed E-state index contributed by atoms with van der Waals surface area (Å²) in [4.78, 5) is 29.8. The molecule has 1 aliphatic heterocycles. The molecule has 37 heavy (non-hydrogen) atoms. The summed E-state index contributed by atoms with van der Waals surface area (Å²) in [5.41, 5.74) is 9.89. The molecule has 0 bridgehead atoms. The lowest BCUT2D eigenvalue weighted by Gasteiger charge is -2.32. The van der Waals surface area contributed by atoms with Gasteiger partial charge in [0.15, 0.2) is 0 Å². The second-order valence-electron chi connectivity index (χ2n) is 8.83. The van der Waals surface area contributed by atoms with Crippen molar-refractivity contribution >= 4 is 33.5 Å². The first kappa shape index (κ1) is 22.7. The van der Waals surface area contributed by atoms with Crippen molar-refractivity contribution in [3.05, 3.63) is 119 Å². The fourth-order valence-electron chi connectivity index (χ4n) is 4.86. The Hall–Kier alpha value is -4.75. The van der Waals surface area contributed by atoms with Crippen molar-refractivity contribution in [3.8, 4) is 11.1 Å². The predicted molar refractivity (Wildman–Crippen MR) is 143 cm³/mol. The molecule has 2 atom stereocenters. The average molecular weight is 490 g/mol. The molecular weight excluding hydrogens is 466 g/mol. The molecule has 1 aromatic heterocycles. The number of benzene rings is 4. The summed E-state index contributed by atoms with van der Waals surface area (Å²) in [6, 6.07) is 30.4. The van der Waals surface area contributed by atoms with Gasteiger partial charge >= 0.3 is 11.6 Å². The summed E-state index contributed by atoms with van der Waals surface area (Å²) in [5, 5.41) is 2.62. The largest absolute Gasteiger partial charge is 0.463 e. The number of rotatable bonds is 4.